The van der Waals surface area contributed by atoms with E-state index >= 15 is 0 Å². The van der Waals surface area contributed by atoms with Crippen molar-refractivity contribution in [2.75, 3.05) is 13.7 Å². The lowest BCUT2D eigenvalue weighted by Crippen LogP contribution is -2.46. The van der Waals surface area contributed by atoms with Crippen molar-refractivity contribution < 1.29 is 23.8 Å². The lowest BCUT2D eigenvalue weighted by atomic mass is 9.92. The van der Waals surface area contributed by atoms with Gasteiger partial charge in [-0.3, -0.25) is 4.90 Å². The molecule has 0 bridgehead atoms. The smallest absolute Gasteiger partial charge is 0.411 e. The van der Waals surface area contributed by atoms with E-state index in [2.05, 4.69) is 0 Å². The summed E-state index contributed by atoms with van der Waals surface area (Å²) in [5.41, 5.74) is 2.97. The van der Waals surface area contributed by atoms with E-state index in [0.29, 0.717) is 35.9 Å². The van der Waals surface area contributed by atoms with Crippen LogP contribution in [0.25, 0.3) is 0 Å². The molecule has 7 heteroatoms. The zero-order valence-electron chi connectivity index (χ0n) is 18.5. The van der Waals surface area contributed by atoms with Crippen molar-refractivity contribution in [3.05, 3.63) is 63.7 Å². The van der Waals surface area contributed by atoms with Gasteiger partial charge in [0, 0.05) is 17.1 Å². The zero-order chi connectivity index (χ0) is 22.8. The molecule has 0 N–H and O–H groups in total. The summed E-state index contributed by atoms with van der Waals surface area (Å²) in [4.78, 5) is 26.7. The third-order valence-corrected chi connectivity index (χ3v) is 5.35. The van der Waals surface area contributed by atoms with Crippen LogP contribution < -0.4 is 4.74 Å². The van der Waals surface area contributed by atoms with Crippen LogP contribution in [0, 0.1) is 6.92 Å². The van der Waals surface area contributed by atoms with Crippen LogP contribution in [0.5, 0.6) is 5.75 Å². The van der Waals surface area contributed by atoms with E-state index in [1.54, 1.807) is 32.9 Å². The van der Waals surface area contributed by atoms with E-state index in [0.717, 1.165) is 16.7 Å². The Morgan fingerprint density at radius 1 is 1.16 bits per heavy atom. The van der Waals surface area contributed by atoms with Crippen LogP contribution in [-0.4, -0.2) is 36.2 Å². The Bertz CT molecular complexity index is 982. The number of nitrogens with zero attached hydrogens (tertiary/aromatic N) is 1. The molecule has 0 saturated heterocycles. The molecule has 1 aliphatic heterocycles. The van der Waals surface area contributed by atoms with Gasteiger partial charge >= 0.3 is 12.1 Å². The van der Waals surface area contributed by atoms with Crippen LogP contribution in [0.4, 0.5) is 4.79 Å². The first-order valence-electron chi connectivity index (χ1n) is 10.2. The summed E-state index contributed by atoms with van der Waals surface area (Å²) in [6, 6.07) is 10.5. The predicted molar refractivity (Wildman–Crippen MR) is 118 cm³/mol. The standard InChI is InChI=1S/C24H28ClNO5/c1-15-6-7-17(20(25)12-15)14-30-18-8-9-19-16(13-18)10-11-26(21(19)22(27)29-5)23(28)31-24(2,3)4/h6-9,12-13,21H,10-11,14H2,1-5H3/t21-/m1/s1. The zero-order valence-corrected chi connectivity index (χ0v) is 19.3. The van der Waals surface area contributed by atoms with E-state index < -0.39 is 23.7 Å². The van der Waals surface area contributed by atoms with Crippen molar-refractivity contribution in [1.82, 2.24) is 4.90 Å². The van der Waals surface area contributed by atoms with E-state index in [1.165, 1.54) is 12.0 Å². The summed E-state index contributed by atoms with van der Waals surface area (Å²) in [6.07, 6.45) is 0.0350. The molecule has 2 aromatic rings. The van der Waals surface area contributed by atoms with Crippen LogP contribution in [0.2, 0.25) is 5.02 Å². The summed E-state index contributed by atoms with van der Waals surface area (Å²) in [6.45, 7) is 8.04. The number of esters is 1. The van der Waals surface area contributed by atoms with Crippen LogP contribution in [0.1, 0.15) is 49.1 Å². The first kappa shape index (κ1) is 22.9. The maximum Gasteiger partial charge on any atom is 0.411 e. The van der Waals surface area contributed by atoms with Gasteiger partial charge in [-0.2, -0.15) is 0 Å². The third-order valence-electron chi connectivity index (χ3n) is 5.00. The van der Waals surface area contributed by atoms with E-state index in [9.17, 15) is 9.59 Å². The molecule has 0 aromatic heterocycles. The lowest BCUT2D eigenvalue weighted by molar-refractivity contribution is -0.147. The molecule has 0 fully saturated rings. The van der Waals surface area contributed by atoms with Gasteiger partial charge in [0.2, 0.25) is 0 Å². The summed E-state index contributed by atoms with van der Waals surface area (Å²) >= 11 is 6.29. The predicted octanol–water partition coefficient (Wildman–Crippen LogP) is 5.23. The number of halogens is 1. The number of carbonyl (C=O) groups excluding carboxylic acids is 2. The SMILES string of the molecule is COC(=O)[C@H]1c2ccc(OCc3ccc(C)cc3Cl)cc2CCN1C(=O)OC(C)(C)C. The number of hydrogen-bond acceptors (Lipinski definition) is 5. The molecule has 166 valence electrons. The van der Waals surface area contributed by atoms with Crippen molar-refractivity contribution in [2.45, 2.75) is 52.4 Å². The Kier molecular flexibility index (Phi) is 6.80. The highest BCUT2D eigenvalue weighted by atomic mass is 35.5. The fourth-order valence-electron chi connectivity index (χ4n) is 3.51. The molecule has 3 rings (SSSR count). The largest absolute Gasteiger partial charge is 0.489 e. The van der Waals surface area contributed by atoms with Crippen LogP contribution in [-0.2, 0) is 27.3 Å². The second-order valence-electron chi connectivity index (χ2n) is 8.59. The lowest BCUT2D eigenvalue weighted by Gasteiger charge is -2.36. The van der Waals surface area contributed by atoms with Gasteiger partial charge in [0.25, 0.3) is 0 Å². The van der Waals surface area contributed by atoms with Crippen LogP contribution in [0.15, 0.2) is 36.4 Å². The van der Waals surface area contributed by atoms with Crippen molar-refractivity contribution in [3.8, 4) is 5.75 Å². The molecular formula is C24H28ClNO5. The number of carbonyl (C=O) groups is 2. The Morgan fingerprint density at radius 3 is 2.55 bits per heavy atom. The van der Waals surface area contributed by atoms with Gasteiger partial charge in [-0.05, 0) is 69.0 Å². The molecule has 0 radical (unpaired) electrons. The summed E-state index contributed by atoms with van der Waals surface area (Å²) < 4.78 is 16.4. The topological polar surface area (TPSA) is 65.1 Å². The number of ether oxygens (including phenoxy) is 3. The molecule has 0 saturated carbocycles. The molecular weight excluding hydrogens is 418 g/mol. The van der Waals surface area contributed by atoms with Gasteiger partial charge in [-0.1, -0.05) is 29.8 Å². The minimum absolute atomic E-state index is 0.336. The molecule has 1 amide bonds. The average molecular weight is 446 g/mol. The Labute approximate surface area is 188 Å². The molecule has 0 unspecified atom stereocenters. The van der Waals surface area contributed by atoms with Crippen molar-refractivity contribution in [3.63, 3.8) is 0 Å². The highest BCUT2D eigenvalue weighted by Crippen LogP contribution is 2.34. The third kappa shape index (κ3) is 5.50. The number of amides is 1. The first-order valence-corrected chi connectivity index (χ1v) is 10.5. The number of fused-ring (bicyclic) bond motifs is 1. The molecule has 0 aliphatic carbocycles. The highest BCUT2D eigenvalue weighted by molar-refractivity contribution is 6.31. The Balaban J connectivity index is 1.82. The van der Waals surface area contributed by atoms with E-state index in [4.69, 9.17) is 25.8 Å². The van der Waals surface area contributed by atoms with Gasteiger partial charge in [-0.25, -0.2) is 9.59 Å². The maximum absolute atomic E-state index is 12.7. The fraction of sp³-hybridized carbons (Fsp3) is 0.417. The normalized spacial score (nSPS) is 15.8. The van der Waals surface area contributed by atoms with Gasteiger partial charge in [0.05, 0.1) is 7.11 Å². The van der Waals surface area contributed by atoms with E-state index in [1.807, 2.05) is 31.2 Å². The minimum atomic E-state index is -0.857. The Hall–Kier alpha value is -2.73. The Morgan fingerprint density at radius 2 is 1.90 bits per heavy atom. The minimum Gasteiger partial charge on any atom is -0.489 e. The highest BCUT2D eigenvalue weighted by Gasteiger charge is 2.39. The number of hydrogen-bond donors (Lipinski definition) is 0. The van der Waals surface area contributed by atoms with Crippen molar-refractivity contribution in [1.29, 1.82) is 0 Å². The summed E-state index contributed by atoms with van der Waals surface area (Å²) in [5.74, 6) is 0.164. The maximum atomic E-state index is 12.7. The fourth-order valence-corrected chi connectivity index (χ4v) is 3.80. The summed E-state index contributed by atoms with van der Waals surface area (Å²) in [5, 5.41) is 0.664. The van der Waals surface area contributed by atoms with Gasteiger partial charge in [0.1, 0.15) is 18.0 Å². The molecule has 2 aromatic carbocycles. The van der Waals surface area contributed by atoms with Gasteiger partial charge in [-0.15, -0.1) is 0 Å². The number of rotatable bonds is 4. The van der Waals surface area contributed by atoms with Gasteiger partial charge in [0.15, 0.2) is 6.04 Å². The van der Waals surface area contributed by atoms with Crippen LogP contribution in [0.3, 0.4) is 0 Å². The quantitative estimate of drug-likeness (QED) is 0.602. The molecule has 31 heavy (non-hydrogen) atoms. The number of aryl methyl sites for hydroxylation is 1. The molecule has 1 heterocycles. The van der Waals surface area contributed by atoms with Crippen LogP contribution >= 0.6 is 11.6 Å². The summed E-state index contributed by atoms with van der Waals surface area (Å²) in [7, 11) is 1.31. The monoisotopic (exact) mass is 445 g/mol. The number of benzene rings is 2. The van der Waals surface area contributed by atoms with E-state index in [-0.39, 0.29) is 0 Å². The first-order chi connectivity index (χ1) is 14.6. The van der Waals surface area contributed by atoms with Crippen molar-refractivity contribution in [2.24, 2.45) is 0 Å². The second-order valence-corrected chi connectivity index (χ2v) is 9.00. The molecule has 1 aliphatic rings. The second kappa shape index (κ2) is 9.18. The number of methoxy groups -OCH3 is 1. The molecule has 1 atom stereocenters. The van der Waals surface area contributed by atoms with Gasteiger partial charge < -0.3 is 14.2 Å². The van der Waals surface area contributed by atoms with Crippen molar-refractivity contribution >= 4 is 23.7 Å². The molecule has 6 nitrogen and oxygen atoms in total. The average Bonchev–Trinajstić information content (AvgIpc) is 2.70. The molecule has 0 spiro atoms.